The molecule has 0 saturated carbocycles. The van der Waals surface area contributed by atoms with Gasteiger partial charge in [0.2, 0.25) is 10.0 Å². The second kappa shape index (κ2) is 6.69. The monoisotopic (exact) mass is 375 g/mol. The van der Waals surface area contributed by atoms with Crippen molar-refractivity contribution >= 4 is 20.9 Å². The van der Waals surface area contributed by atoms with Crippen molar-refractivity contribution in [2.75, 3.05) is 6.54 Å². The number of sulfonamides is 1. The minimum Gasteiger partial charge on any atom is -0.360 e. The number of aryl methyl sites for hydroxylation is 4. The second-order valence-electron chi connectivity index (χ2n) is 6.47. The zero-order valence-electron chi connectivity index (χ0n) is 15.1. The van der Waals surface area contributed by atoms with Crippen molar-refractivity contribution in [3.63, 3.8) is 0 Å². The Balaban J connectivity index is 1.82. The number of hydrogen-bond donors (Lipinski definition) is 2. The summed E-state index contributed by atoms with van der Waals surface area (Å²) < 4.78 is 32.3. The fourth-order valence-corrected chi connectivity index (χ4v) is 4.51. The van der Waals surface area contributed by atoms with E-state index in [1.54, 1.807) is 13.8 Å². The average Bonchev–Trinajstić information content (AvgIpc) is 2.87. The molecule has 0 radical (unpaired) electrons. The van der Waals surface area contributed by atoms with Gasteiger partial charge in [-0.3, -0.25) is 4.79 Å². The molecule has 0 bridgehead atoms. The molecule has 26 heavy (non-hydrogen) atoms. The highest BCUT2D eigenvalue weighted by atomic mass is 32.2. The topological polar surface area (TPSA) is 105 Å². The zero-order valence-corrected chi connectivity index (χ0v) is 16.0. The molecule has 3 rings (SSSR count). The first kappa shape index (κ1) is 18.3. The number of H-pyrrole nitrogens is 1. The van der Waals surface area contributed by atoms with Crippen LogP contribution in [0, 0.1) is 27.7 Å². The van der Waals surface area contributed by atoms with E-state index < -0.39 is 10.0 Å². The van der Waals surface area contributed by atoms with Crippen molar-refractivity contribution in [3.8, 4) is 0 Å². The fraction of sp³-hybridized carbons (Fsp3) is 0.333. The third-order valence-electron chi connectivity index (χ3n) is 4.31. The lowest BCUT2D eigenvalue weighted by molar-refractivity contribution is 0.390. The minimum atomic E-state index is -3.74. The summed E-state index contributed by atoms with van der Waals surface area (Å²) in [4.78, 5) is 15.2. The van der Waals surface area contributed by atoms with Crippen molar-refractivity contribution in [2.45, 2.75) is 39.0 Å². The van der Waals surface area contributed by atoms with Gasteiger partial charge in [0, 0.05) is 23.0 Å². The van der Waals surface area contributed by atoms with Crippen LogP contribution in [0.1, 0.15) is 28.1 Å². The molecule has 0 spiro atoms. The van der Waals surface area contributed by atoms with Crippen LogP contribution in [0.3, 0.4) is 0 Å². The minimum absolute atomic E-state index is 0.0521. The second-order valence-corrected chi connectivity index (χ2v) is 8.17. The van der Waals surface area contributed by atoms with Crippen molar-refractivity contribution in [1.29, 1.82) is 0 Å². The Morgan fingerprint density at radius 2 is 1.88 bits per heavy atom. The van der Waals surface area contributed by atoms with Gasteiger partial charge in [0.1, 0.15) is 10.6 Å². The van der Waals surface area contributed by atoms with Gasteiger partial charge in [-0.2, -0.15) is 0 Å². The van der Waals surface area contributed by atoms with Crippen molar-refractivity contribution in [2.24, 2.45) is 0 Å². The molecule has 0 aliphatic carbocycles. The van der Waals surface area contributed by atoms with E-state index >= 15 is 0 Å². The predicted molar refractivity (Wildman–Crippen MR) is 98.9 cm³/mol. The maximum Gasteiger partial charge on any atom is 0.251 e. The number of fused-ring (bicyclic) bond motifs is 1. The largest absolute Gasteiger partial charge is 0.360 e. The molecule has 0 amide bonds. The lowest BCUT2D eigenvalue weighted by atomic mass is 10.0. The Kier molecular flexibility index (Phi) is 4.72. The van der Waals surface area contributed by atoms with Crippen molar-refractivity contribution in [3.05, 3.63) is 56.7 Å². The van der Waals surface area contributed by atoms with E-state index in [1.165, 1.54) is 0 Å². The van der Waals surface area contributed by atoms with Crippen LogP contribution in [0.2, 0.25) is 0 Å². The van der Waals surface area contributed by atoms with Gasteiger partial charge in [0.15, 0.2) is 5.76 Å². The van der Waals surface area contributed by atoms with Crippen LogP contribution in [-0.2, 0) is 16.4 Å². The molecule has 2 N–H and O–H groups in total. The Labute approximate surface area is 151 Å². The van der Waals surface area contributed by atoms with Crippen LogP contribution in [0.25, 0.3) is 10.9 Å². The van der Waals surface area contributed by atoms with Gasteiger partial charge in [-0.05, 0) is 57.4 Å². The van der Waals surface area contributed by atoms with E-state index in [9.17, 15) is 13.2 Å². The number of nitrogens with one attached hydrogen (secondary N) is 2. The molecule has 7 nitrogen and oxygen atoms in total. The summed E-state index contributed by atoms with van der Waals surface area (Å²) in [6.45, 7) is 7.18. The SMILES string of the molecule is Cc1cc(C)c2cc(CCNS(=O)(=O)c3c(C)noc3C)c(=O)[nH]c2c1. The smallest absolute Gasteiger partial charge is 0.251 e. The normalized spacial score (nSPS) is 12.0. The average molecular weight is 375 g/mol. The van der Waals surface area contributed by atoms with Crippen molar-refractivity contribution < 1.29 is 12.9 Å². The van der Waals surface area contributed by atoms with Gasteiger partial charge >= 0.3 is 0 Å². The van der Waals surface area contributed by atoms with E-state index in [0.29, 0.717) is 11.3 Å². The van der Waals surface area contributed by atoms with Crippen LogP contribution in [-0.4, -0.2) is 25.1 Å². The number of nitrogens with zero attached hydrogens (tertiary/aromatic N) is 1. The van der Waals surface area contributed by atoms with Gasteiger partial charge in [-0.15, -0.1) is 0 Å². The molecule has 0 aliphatic heterocycles. The highest BCUT2D eigenvalue weighted by molar-refractivity contribution is 7.89. The molecular formula is C18H21N3O4S. The number of rotatable bonds is 5. The molecule has 3 aromatic rings. The molecule has 2 heterocycles. The quantitative estimate of drug-likeness (QED) is 0.712. The molecule has 138 valence electrons. The Hall–Kier alpha value is -2.45. The summed E-state index contributed by atoms with van der Waals surface area (Å²) in [5.74, 6) is 0.240. The molecule has 0 aliphatic rings. The summed E-state index contributed by atoms with van der Waals surface area (Å²) >= 11 is 0. The first-order valence-corrected chi connectivity index (χ1v) is 9.73. The van der Waals surface area contributed by atoms with Crippen LogP contribution < -0.4 is 10.3 Å². The molecule has 0 fully saturated rings. The summed E-state index contributed by atoms with van der Waals surface area (Å²) in [5.41, 5.74) is 3.56. The number of aromatic nitrogens is 2. The van der Waals surface area contributed by atoms with Gasteiger partial charge in [0.05, 0.1) is 0 Å². The van der Waals surface area contributed by atoms with Crippen molar-refractivity contribution in [1.82, 2.24) is 14.9 Å². The summed E-state index contributed by atoms with van der Waals surface area (Å²) in [7, 11) is -3.74. The molecule has 2 aromatic heterocycles. The lowest BCUT2D eigenvalue weighted by Gasteiger charge is -2.08. The Morgan fingerprint density at radius 1 is 1.15 bits per heavy atom. The predicted octanol–water partition coefficient (Wildman–Crippen LogP) is 2.27. The summed E-state index contributed by atoms with van der Waals surface area (Å²) in [5, 5.41) is 4.62. The number of benzene rings is 1. The molecule has 0 unspecified atom stereocenters. The number of aromatic amines is 1. The first-order valence-electron chi connectivity index (χ1n) is 8.25. The maximum absolute atomic E-state index is 12.4. The Morgan fingerprint density at radius 3 is 2.54 bits per heavy atom. The van der Waals surface area contributed by atoms with E-state index in [4.69, 9.17) is 4.52 Å². The maximum atomic E-state index is 12.4. The first-order chi connectivity index (χ1) is 12.2. The molecule has 8 heteroatoms. The van der Waals surface area contributed by atoms with Gasteiger partial charge in [0.25, 0.3) is 5.56 Å². The standard InChI is InChI=1S/C18H21N3O4S/c1-10-7-11(2)15-9-14(18(22)20-16(15)8-10)5-6-19-26(23,24)17-12(3)21-25-13(17)4/h7-9,19H,5-6H2,1-4H3,(H,20,22). The van der Waals surface area contributed by atoms with E-state index in [1.807, 2.05) is 32.0 Å². The number of pyridine rings is 1. The lowest BCUT2D eigenvalue weighted by Crippen LogP contribution is -2.28. The molecular weight excluding hydrogens is 354 g/mol. The van der Waals surface area contributed by atoms with E-state index in [2.05, 4.69) is 14.9 Å². The summed E-state index contributed by atoms with van der Waals surface area (Å²) in [6.07, 6.45) is 0.279. The Bertz CT molecular complexity index is 1120. The highest BCUT2D eigenvalue weighted by Gasteiger charge is 2.23. The van der Waals surface area contributed by atoms with Crippen LogP contribution in [0.4, 0.5) is 0 Å². The molecule has 0 saturated heterocycles. The molecule has 1 aromatic carbocycles. The fourth-order valence-electron chi connectivity index (χ4n) is 3.15. The van der Waals surface area contributed by atoms with Gasteiger partial charge < -0.3 is 9.51 Å². The molecule has 0 atom stereocenters. The van der Waals surface area contributed by atoms with E-state index in [0.717, 1.165) is 22.0 Å². The van der Waals surface area contributed by atoms with Gasteiger partial charge in [-0.25, -0.2) is 13.1 Å². The zero-order chi connectivity index (χ0) is 19.1. The summed E-state index contributed by atoms with van der Waals surface area (Å²) in [6, 6.07) is 5.80. The highest BCUT2D eigenvalue weighted by Crippen LogP contribution is 2.20. The number of hydrogen-bond acceptors (Lipinski definition) is 5. The third kappa shape index (κ3) is 3.42. The van der Waals surface area contributed by atoms with Crippen LogP contribution in [0.5, 0.6) is 0 Å². The van der Waals surface area contributed by atoms with Crippen LogP contribution in [0.15, 0.2) is 32.4 Å². The third-order valence-corrected chi connectivity index (χ3v) is 6.02. The van der Waals surface area contributed by atoms with E-state index in [-0.39, 0.29) is 29.2 Å². The van der Waals surface area contributed by atoms with Gasteiger partial charge in [-0.1, -0.05) is 11.2 Å². The van der Waals surface area contributed by atoms with Crippen LogP contribution >= 0.6 is 0 Å².